The minimum atomic E-state index is 0.627. The van der Waals surface area contributed by atoms with Crippen molar-refractivity contribution in [3.8, 4) is 29.6 Å². The lowest BCUT2D eigenvalue weighted by Crippen LogP contribution is -1.93. The van der Waals surface area contributed by atoms with Crippen molar-refractivity contribution in [1.29, 1.82) is 0 Å². The van der Waals surface area contributed by atoms with Crippen LogP contribution < -0.4 is 14.2 Å². The fourth-order valence-corrected chi connectivity index (χ4v) is 1.02. The van der Waals surface area contributed by atoms with E-state index in [9.17, 15) is 0 Å². The van der Waals surface area contributed by atoms with Crippen molar-refractivity contribution >= 4 is 0 Å². The second-order valence-electron chi connectivity index (χ2n) is 2.75. The number of ether oxygens (including phenoxy) is 3. The SMILES string of the molecule is C#CCC.COc1cccc(OC)c1OC. The molecular weight excluding hydrogens is 204 g/mol. The highest BCUT2D eigenvalue weighted by atomic mass is 16.5. The van der Waals surface area contributed by atoms with Gasteiger partial charge in [0, 0.05) is 6.42 Å². The minimum absolute atomic E-state index is 0.627. The molecular formula is C13H18O3. The predicted octanol–water partition coefficient (Wildman–Crippen LogP) is 2.74. The molecule has 88 valence electrons. The lowest BCUT2D eigenvalue weighted by Gasteiger charge is -2.10. The van der Waals surface area contributed by atoms with Crippen LogP contribution in [-0.2, 0) is 0 Å². The lowest BCUT2D eigenvalue weighted by atomic mass is 10.3. The Bertz CT molecular complexity index is 317. The van der Waals surface area contributed by atoms with Gasteiger partial charge in [-0.1, -0.05) is 13.0 Å². The van der Waals surface area contributed by atoms with Crippen molar-refractivity contribution in [2.75, 3.05) is 21.3 Å². The summed E-state index contributed by atoms with van der Waals surface area (Å²) in [5, 5.41) is 0. The topological polar surface area (TPSA) is 27.7 Å². The van der Waals surface area contributed by atoms with Crippen LogP contribution in [0.25, 0.3) is 0 Å². The largest absolute Gasteiger partial charge is 0.493 e. The van der Waals surface area contributed by atoms with E-state index in [0.717, 1.165) is 6.42 Å². The van der Waals surface area contributed by atoms with Gasteiger partial charge in [-0.25, -0.2) is 0 Å². The van der Waals surface area contributed by atoms with E-state index in [1.54, 1.807) is 21.3 Å². The first kappa shape index (κ1) is 14.2. The third-order valence-electron chi connectivity index (χ3n) is 1.79. The molecule has 0 N–H and O–H groups in total. The highest BCUT2D eigenvalue weighted by Gasteiger charge is 2.08. The molecule has 3 nitrogen and oxygen atoms in total. The molecule has 0 spiro atoms. The summed E-state index contributed by atoms with van der Waals surface area (Å²) in [7, 11) is 4.77. The van der Waals surface area contributed by atoms with Gasteiger partial charge < -0.3 is 14.2 Å². The highest BCUT2D eigenvalue weighted by Crippen LogP contribution is 2.35. The molecule has 0 fully saturated rings. The highest BCUT2D eigenvalue weighted by molar-refractivity contribution is 5.50. The summed E-state index contributed by atoms with van der Waals surface area (Å²) in [5.41, 5.74) is 0. The molecule has 0 atom stereocenters. The molecule has 0 unspecified atom stereocenters. The van der Waals surface area contributed by atoms with Crippen molar-refractivity contribution in [3.05, 3.63) is 18.2 Å². The number of rotatable bonds is 3. The first-order valence-electron chi connectivity index (χ1n) is 4.93. The molecule has 0 aliphatic rings. The van der Waals surface area contributed by atoms with Gasteiger partial charge in [-0.05, 0) is 12.1 Å². The molecule has 0 aromatic heterocycles. The normalized spacial score (nSPS) is 8.19. The molecule has 0 aliphatic carbocycles. The molecule has 0 heterocycles. The van der Waals surface area contributed by atoms with Crippen LogP contribution in [0.2, 0.25) is 0 Å². The van der Waals surface area contributed by atoms with Crippen LogP contribution in [0, 0.1) is 12.3 Å². The molecule has 0 amide bonds. The van der Waals surface area contributed by atoms with E-state index in [4.69, 9.17) is 20.6 Å². The van der Waals surface area contributed by atoms with Crippen molar-refractivity contribution in [2.24, 2.45) is 0 Å². The maximum atomic E-state index is 5.11. The third-order valence-corrected chi connectivity index (χ3v) is 1.79. The standard InChI is InChI=1S/C9H12O3.C4H6/c1-10-7-5-4-6-8(11-2)9(7)12-3;1-3-4-2/h4-6H,1-3H3;1H,4H2,2H3. The number of para-hydroxylation sites is 1. The van der Waals surface area contributed by atoms with E-state index < -0.39 is 0 Å². The van der Waals surface area contributed by atoms with Crippen molar-refractivity contribution in [1.82, 2.24) is 0 Å². The van der Waals surface area contributed by atoms with Gasteiger partial charge in [0.1, 0.15) is 0 Å². The molecule has 0 aliphatic heterocycles. The Hall–Kier alpha value is -1.82. The molecule has 1 rings (SSSR count). The van der Waals surface area contributed by atoms with E-state index in [1.807, 2.05) is 25.1 Å². The van der Waals surface area contributed by atoms with Crippen molar-refractivity contribution in [2.45, 2.75) is 13.3 Å². The fraction of sp³-hybridized carbons (Fsp3) is 0.385. The van der Waals surface area contributed by atoms with Gasteiger partial charge in [0.05, 0.1) is 21.3 Å². The first-order valence-corrected chi connectivity index (χ1v) is 4.93. The molecule has 0 radical (unpaired) electrons. The zero-order valence-corrected chi connectivity index (χ0v) is 10.2. The smallest absolute Gasteiger partial charge is 0.203 e. The Balaban J connectivity index is 0.000000487. The number of terminal acetylenes is 1. The van der Waals surface area contributed by atoms with Gasteiger partial charge in [-0.15, -0.1) is 12.3 Å². The molecule has 0 saturated carbocycles. The Morgan fingerprint density at radius 2 is 1.50 bits per heavy atom. The van der Waals surface area contributed by atoms with Crippen LogP contribution in [0.5, 0.6) is 17.2 Å². The molecule has 3 heteroatoms. The molecule has 16 heavy (non-hydrogen) atoms. The van der Waals surface area contributed by atoms with E-state index in [-0.39, 0.29) is 0 Å². The zero-order chi connectivity index (χ0) is 12.4. The third kappa shape index (κ3) is 4.14. The van der Waals surface area contributed by atoms with Gasteiger partial charge in [-0.3, -0.25) is 0 Å². The first-order chi connectivity index (χ1) is 7.74. The monoisotopic (exact) mass is 222 g/mol. The zero-order valence-electron chi connectivity index (χ0n) is 10.2. The summed E-state index contributed by atoms with van der Waals surface area (Å²) in [4.78, 5) is 0. The maximum absolute atomic E-state index is 5.11. The lowest BCUT2D eigenvalue weighted by molar-refractivity contribution is 0.324. The van der Waals surface area contributed by atoms with Crippen molar-refractivity contribution in [3.63, 3.8) is 0 Å². The summed E-state index contributed by atoms with van der Waals surface area (Å²) in [6, 6.07) is 5.49. The molecule has 0 saturated heterocycles. The fourth-order valence-electron chi connectivity index (χ4n) is 1.02. The number of hydrogen-bond donors (Lipinski definition) is 0. The summed E-state index contributed by atoms with van der Waals surface area (Å²) < 4.78 is 15.3. The number of hydrogen-bond acceptors (Lipinski definition) is 3. The number of benzene rings is 1. The summed E-state index contributed by atoms with van der Waals surface area (Å²) in [5.74, 6) is 4.41. The Morgan fingerprint density at radius 3 is 1.75 bits per heavy atom. The van der Waals surface area contributed by atoms with Crippen LogP contribution >= 0.6 is 0 Å². The Labute approximate surface area is 97.3 Å². The van der Waals surface area contributed by atoms with E-state index in [1.165, 1.54) is 0 Å². The molecule has 1 aromatic carbocycles. The second kappa shape index (κ2) is 8.49. The van der Waals surface area contributed by atoms with Gasteiger partial charge in [0.15, 0.2) is 11.5 Å². The van der Waals surface area contributed by atoms with Crippen molar-refractivity contribution < 1.29 is 14.2 Å². The maximum Gasteiger partial charge on any atom is 0.203 e. The number of methoxy groups -OCH3 is 3. The van der Waals surface area contributed by atoms with Crippen LogP contribution in [0.15, 0.2) is 18.2 Å². The van der Waals surface area contributed by atoms with Crippen LogP contribution in [0.1, 0.15) is 13.3 Å². The quantitative estimate of drug-likeness (QED) is 0.736. The van der Waals surface area contributed by atoms with Crippen LogP contribution in [0.3, 0.4) is 0 Å². The molecule has 0 bridgehead atoms. The van der Waals surface area contributed by atoms with E-state index in [2.05, 4.69) is 5.92 Å². The van der Waals surface area contributed by atoms with Gasteiger partial charge in [-0.2, -0.15) is 0 Å². The average Bonchev–Trinajstić information content (AvgIpc) is 2.37. The summed E-state index contributed by atoms with van der Waals surface area (Å²) in [6.45, 7) is 1.94. The Morgan fingerprint density at radius 1 is 1.06 bits per heavy atom. The van der Waals surface area contributed by atoms with Gasteiger partial charge in [0.25, 0.3) is 0 Å². The van der Waals surface area contributed by atoms with Crippen LogP contribution in [0.4, 0.5) is 0 Å². The predicted molar refractivity (Wildman–Crippen MR) is 65.2 cm³/mol. The second-order valence-corrected chi connectivity index (χ2v) is 2.75. The summed E-state index contributed by atoms with van der Waals surface area (Å²) in [6.07, 6.45) is 5.62. The summed E-state index contributed by atoms with van der Waals surface area (Å²) >= 11 is 0. The van der Waals surface area contributed by atoms with E-state index >= 15 is 0 Å². The Kier molecular flexibility index (Phi) is 7.52. The van der Waals surface area contributed by atoms with Gasteiger partial charge in [0.2, 0.25) is 5.75 Å². The van der Waals surface area contributed by atoms with Gasteiger partial charge >= 0.3 is 0 Å². The van der Waals surface area contributed by atoms with E-state index in [0.29, 0.717) is 17.2 Å². The van der Waals surface area contributed by atoms with Crippen LogP contribution in [-0.4, -0.2) is 21.3 Å². The molecule has 1 aromatic rings. The minimum Gasteiger partial charge on any atom is -0.493 e. The average molecular weight is 222 g/mol.